The minimum Gasteiger partial charge on any atom is -0.468 e. The Balaban J connectivity index is 1.96. The highest BCUT2D eigenvalue weighted by Gasteiger charge is 2.50. The number of nitrogens with one attached hydrogen (secondary N) is 1. The van der Waals surface area contributed by atoms with E-state index in [0.717, 1.165) is 19.3 Å². The minimum atomic E-state index is -0.518. The number of ether oxygens (including phenoxy) is 1. The Morgan fingerprint density at radius 1 is 1.20 bits per heavy atom. The first kappa shape index (κ1) is 13.6. The zero-order valence-electron chi connectivity index (χ0n) is 12.1. The van der Waals surface area contributed by atoms with Crippen LogP contribution < -0.4 is 5.32 Å². The second-order valence-electron chi connectivity index (χ2n) is 6.09. The Morgan fingerprint density at radius 3 is 2.60 bits per heavy atom. The van der Waals surface area contributed by atoms with Crippen molar-refractivity contribution >= 4 is 5.97 Å². The van der Waals surface area contributed by atoms with Crippen LogP contribution in [0, 0.1) is 0 Å². The molecule has 1 aromatic rings. The molecule has 0 aromatic heterocycles. The van der Waals surface area contributed by atoms with E-state index in [9.17, 15) is 4.79 Å². The molecule has 3 heteroatoms. The lowest BCUT2D eigenvalue weighted by Crippen LogP contribution is -2.59. The van der Waals surface area contributed by atoms with Gasteiger partial charge in [-0.3, -0.25) is 10.1 Å². The SMILES string of the molecule is COC(=O)C1(NC2CC2)CCCCC1c1ccccc1. The molecule has 3 rings (SSSR count). The highest BCUT2D eigenvalue weighted by Crippen LogP contribution is 2.43. The zero-order chi connectivity index (χ0) is 14.0. The number of rotatable bonds is 4. The van der Waals surface area contributed by atoms with Crippen LogP contribution in [0.15, 0.2) is 30.3 Å². The van der Waals surface area contributed by atoms with E-state index in [1.54, 1.807) is 0 Å². The van der Waals surface area contributed by atoms with E-state index in [1.807, 2.05) is 6.07 Å². The van der Waals surface area contributed by atoms with Crippen molar-refractivity contribution in [3.05, 3.63) is 35.9 Å². The molecule has 3 nitrogen and oxygen atoms in total. The van der Waals surface area contributed by atoms with Crippen LogP contribution in [0.25, 0.3) is 0 Å². The van der Waals surface area contributed by atoms with E-state index in [1.165, 1.54) is 31.9 Å². The second-order valence-corrected chi connectivity index (χ2v) is 6.09. The van der Waals surface area contributed by atoms with Crippen LogP contribution >= 0.6 is 0 Å². The van der Waals surface area contributed by atoms with Gasteiger partial charge in [0.2, 0.25) is 0 Å². The molecule has 2 fully saturated rings. The minimum absolute atomic E-state index is 0.0852. The average Bonchev–Trinajstić information content (AvgIpc) is 3.31. The van der Waals surface area contributed by atoms with Crippen LogP contribution in [-0.2, 0) is 9.53 Å². The topological polar surface area (TPSA) is 38.3 Å². The fraction of sp³-hybridized carbons (Fsp3) is 0.588. The summed E-state index contributed by atoms with van der Waals surface area (Å²) in [5.74, 6) is 0.142. The van der Waals surface area contributed by atoms with Gasteiger partial charge < -0.3 is 4.74 Å². The van der Waals surface area contributed by atoms with Crippen molar-refractivity contribution in [3.8, 4) is 0 Å². The summed E-state index contributed by atoms with van der Waals surface area (Å²) in [6.45, 7) is 0. The first-order valence-corrected chi connectivity index (χ1v) is 7.67. The summed E-state index contributed by atoms with van der Waals surface area (Å²) >= 11 is 0. The van der Waals surface area contributed by atoms with Gasteiger partial charge in [0.25, 0.3) is 0 Å². The largest absolute Gasteiger partial charge is 0.468 e. The Morgan fingerprint density at radius 2 is 1.95 bits per heavy atom. The van der Waals surface area contributed by atoms with Gasteiger partial charge in [0, 0.05) is 12.0 Å². The van der Waals surface area contributed by atoms with Gasteiger partial charge in [-0.2, -0.15) is 0 Å². The van der Waals surface area contributed by atoms with E-state index in [4.69, 9.17) is 4.74 Å². The Kier molecular flexibility index (Phi) is 3.79. The van der Waals surface area contributed by atoms with Gasteiger partial charge in [-0.1, -0.05) is 43.2 Å². The normalized spacial score (nSPS) is 29.9. The molecule has 2 aliphatic carbocycles. The van der Waals surface area contributed by atoms with E-state index in [0.29, 0.717) is 6.04 Å². The molecule has 0 spiro atoms. The van der Waals surface area contributed by atoms with Gasteiger partial charge in [0.15, 0.2) is 0 Å². The van der Waals surface area contributed by atoms with Crippen molar-refractivity contribution in [3.63, 3.8) is 0 Å². The molecular formula is C17H23NO2. The average molecular weight is 273 g/mol. The number of carbonyl (C=O) groups is 1. The zero-order valence-corrected chi connectivity index (χ0v) is 12.1. The highest BCUT2D eigenvalue weighted by molar-refractivity contribution is 5.82. The van der Waals surface area contributed by atoms with Gasteiger partial charge in [0.1, 0.15) is 5.54 Å². The number of methoxy groups -OCH3 is 1. The molecule has 0 bridgehead atoms. The van der Waals surface area contributed by atoms with Crippen molar-refractivity contribution in [2.45, 2.75) is 56.0 Å². The number of carbonyl (C=O) groups excluding carboxylic acids is 1. The van der Waals surface area contributed by atoms with Crippen molar-refractivity contribution < 1.29 is 9.53 Å². The predicted octanol–water partition coefficient (Wildman–Crippen LogP) is 3.01. The van der Waals surface area contributed by atoms with Crippen LogP contribution in [0.2, 0.25) is 0 Å². The number of esters is 1. The lowest BCUT2D eigenvalue weighted by atomic mass is 9.69. The number of hydrogen-bond acceptors (Lipinski definition) is 3. The third-order valence-electron chi connectivity index (χ3n) is 4.70. The molecule has 0 amide bonds. The summed E-state index contributed by atoms with van der Waals surface area (Å²) < 4.78 is 5.17. The fourth-order valence-corrected chi connectivity index (χ4v) is 3.56. The van der Waals surface area contributed by atoms with Crippen LogP contribution in [0.1, 0.15) is 50.0 Å². The maximum atomic E-state index is 12.6. The lowest BCUT2D eigenvalue weighted by molar-refractivity contribution is -0.151. The van der Waals surface area contributed by atoms with Crippen LogP contribution in [-0.4, -0.2) is 24.7 Å². The van der Waals surface area contributed by atoms with Crippen molar-refractivity contribution in [1.82, 2.24) is 5.32 Å². The summed E-state index contributed by atoms with van der Waals surface area (Å²) in [6.07, 6.45) is 6.58. The molecule has 1 aromatic carbocycles. The quantitative estimate of drug-likeness (QED) is 0.857. The first-order valence-electron chi connectivity index (χ1n) is 7.67. The van der Waals surface area contributed by atoms with Crippen LogP contribution in [0.5, 0.6) is 0 Å². The second kappa shape index (κ2) is 5.57. The van der Waals surface area contributed by atoms with Gasteiger partial charge >= 0.3 is 5.97 Å². The Bertz CT molecular complexity index is 469. The summed E-state index contributed by atoms with van der Waals surface area (Å²) in [5.41, 5.74) is 0.737. The molecule has 1 N–H and O–H groups in total. The molecule has 0 radical (unpaired) electrons. The molecule has 0 aliphatic heterocycles. The van der Waals surface area contributed by atoms with E-state index < -0.39 is 5.54 Å². The number of hydrogen-bond donors (Lipinski definition) is 1. The van der Waals surface area contributed by atoms with Gasteiger partial charge in [0.05, 0.1) is 7.11 Å². The summed E-state index contributed by atoms with van der Waals surface area (Å²) in [4.78, 5) is 12.6. The predicted molar refractivity (Wildman–Crippen MR) is 78.6 cm³/mol. The Labute approximate surface area is 120 Å². The standard InChI is InChI=1S/C17H23NO2/c1-20-16(19)17(18-14-10-11-14)12-6-5-9-15(17)13-7-3-2-4-8-13/h2-4,7-8,14-15,18H,5-6,9-12H2,1H3. The molecule has 2 saturated carbocycles. The highest BCUT2D eigenvalue weighted by atomic mass is 16.5. The smallest absolute Gasteiger partial charge is 0.326 e. The van der Waals surface area contributed by atoms with Crippen molar-refractivity contribution in [1.29, 1.82) is 0 Å². The molecule has 0 saturated heterocycles. The maximum absolute atomic E-state index is 12.6. The van der Waals surface area contributed by atoms with E-state index in [-0.39, 0.29) is 11.9 Å². The monoisotopic (exact) mass is 273 g/mol. The Hall–Kier alpha value is -1.35. The fourth-order valence-electron chi connectivity index (χ4n) is 3.56. The van der Waals surface area contributed by atoms with Crippen LogP contribution in [0.4, 0.5) is 0 Å². The third-order valence-corrected chi connectivity index (χ3v) is 4.70. The first-order chi connectivity index (χ1) is 9.76. The molecular weight excluding hydrogens is 250 g/mol. The molecule has 2 unspecified atom stereocenters. The summed E-state index contributed by atoms with van der Waals surface area (Å²) in [5, 5.41) is 3.63. The van der Waals surface area contributed by atoms with Crippen molar-refractivity contribution in [2.24, 2.45) is 0 Å². The summed E-state index contributed by atoms with van der Waals surface area (Å²) in [7, 11) is 1.51. The molecule has 0 heterocycles. The number of benzene rings is 1. The maximum Gasteiger partial charge on any atom is 0.326 e. The molecule has 2 aliphatic rings. The van der Waals surface area contributed by atoms with Gasteiger partial charge in [-0.15, -0.1) is 0 Å². The molecule has 20 heavy (non-hydrogen) atoms. The van der Waals surface area contributed by atoms with E-state index >= 15 is 0 Å². The van der Waals surface area contributed by atoms with Gasteiger partial charge in [-0.25, -0.2) is 0 Å². The van der Waals surface area contributed by atoms with E-state index in [2.05, 4.69) is 29.6 Å². The van der Waals surface area contributed by atoms with Crippen LogP contribution in [0.3, 0.4) is 0 Å². The summed E-state index contributed by atoms with van der Waals surface area (Å²) in [6, 6.07) is 10.9. The molecule has 2 atom stereocenters. The molecule has 108 valence electrons. The van der Waals surface area contributed by atoms with Crippen molar-refractivity contribution in [2.75, 3.05) is 7.11 Å². The lowest BCUT2D eigenvalue weighted by Gasteiger charge is -2.43. The third kappa shape index (κ3) is 2.47. The van der Waals surface area contributed by atoms with Gasteiger partial charge in [-0.05, 0) is 31.2 Å².